The number of benzene rings is 3. The Morgan fingerprint density at radius 1 is 0.895 bits per heavy atom. The highest BCUT2D eigenvalue weighted by molar-refractivity contribution is 6.78. The van der Waals surface area contributed by atoms with E-state index < -0.39 is 37.4 Å². The summed E-state index contributed by atoms with van der Waals surface area (Å²) < 4.78 is 5.48. The minimum Gasteiger partial charge on any atom is -0.497 e. The molecule has 1 aliphatic rings. The molecule has 3 amide bonds. The van der Waals surface area contributed by atoms with E-state index >= 15 is 0 Å². The van der Waals surface area contributed by atoms with E-state index in [2.05, 4.69) is 29.9 Å². The van der Waals surface area contributed by atoms with Gasteiger partial charge in [-0.2, -0.15) is 0 Å². The van der Waals surface area contributed by atoms with Crippen molar-refractivity contribution in [1.82, 2.24) is 9.88 Å². The summed E-state index contributed by atoms with van der Waals surface area (Å²) >= 11 is 0. The van der Waals surface area contributed by atoms with Gasteiger partial charge in [0, 0.05) is 17.1 Å². The first-order valence-electron chi connectivity index (χ1n) is 12.5. The number of ether oxygens (including phenoxy) is 1. The van der Waals surface area contributed by atoms with Gasteiger partial charge in [-0.25, -0.2) is 0 Å². The monoisotopic (exact) mass is 523 g/mol. The van der Waals surface area contributed by atoms with E-state index in [0.717, 1.165) is 15.8 Å². The number of nitrogens with zero attached hydrogens (tertiary/aromatic N) is 2. The number of imide groups is 1. The van der Waals surface area contributed by atoms with Crippen molar-refractivity contribution in [2.24, 2.45) is 0 Å². The molecule has 1 aromatic heterocycles. The Kier molecular flexibility index (Phi) is 6.58. The van der Waals surface area contributed by atoms with Crippen LogP contribution in [0, 0.1) is 0 Å². The molecule has 192 valence electrons. The van der Waals surface area contributed by atoms with Crippen LogP contribution in [0.3, 0.4) is 0 Å². The van der Waals surface area contributed by atoms with Crippen LogP contribution in [-0.4, -0.2) is 48.8 Å². The second-order valence-corrected chi connectivity index (χ2v) is 15.8. The zero-order valence-corrected chi connectivity index (χ0v) is 22.8. The van der Waals surface area contributed by atoms with Crippen molar-refractivity contribution in [2.45, 2.75) is 31.2 Å². The summed E-state index contributed by atoms with van der Waals surface area (Å²) in [7, 11) is -0.680. The molecule has 2 heterocycles. The molecule has 3 aromatic carbocycles. The molecule has 0 spiro atoms. The number of nitrogens with one attached hydrogen (secondary N) is 1. The van der Waals surface area contributed by atoms with Gasteiger partial charge in [-0.1, -0.05) is 62.1 Å². The molecule has 0 radical (unpaired) electrons. The van der Waals surface area contributed by atoms with Crippen molar-refractivity contribution in [3.05, 3.63) is 102 Å². The molecule has 0 saturated carbocycles. The number of pyridine rings is 1. The summed E-state index contributed by atoms with van der Waals surface area (Å²) in [4.78, 5) is 47.3. The number of anilines is 1. The molecule has 1 aliphatic heterocycles. The van der Waals surface area contributed by atoms with Crippen LogP contribution in [-0.2, 0) is 4.79 Å². The van der Waals surface area contributed by atoms with E-state index in [1.165, 1.54) is 0 Å². The van der Waals surface area contributed by atoms with Gasteiger partial charge < -0.3 is 10.1 Å². The third kappa shape index (κ3) is 4.48. The first-order chi connectivity index (χ1) is 18.2. The Morgan fingerprint density at radius 3 is 2.21 bits per heavy atom. The Hall–Kier alpha value is -4.30. The van der Waals surface area contributed by atoms with Crippen molar-refractivity contribution < 1.29 is 19.1 Å². The Balaban J connectivity index is 1.66. The largest absolute Gasteiger partial charge is 0.497 e. The number of para-hydroxylation sites is 1. The maximum atomic E-state index is 14.3. The van der Waals surface area contributed by atoms with E-state index in [-0.39, 0.29) is 0 Å². The van der Waals surface area contributed by atoms with Gasteiger partial charge in [-0.15, -0.1) is 0 Å². The van der Waals surface area contributed by atoms with Crippen LogP contribution < -0.4 is 10.1 Å². The van der Waals surface area contributed by atoms with Gasteiger partial charge in [0.2, 0.25) is 5.91 Å². The van der Waals surface area contributed by atoms with Crippen molar-refractivity contribution in [2.75, 3.05) is 12.4 Å². The second-order valence-electron chi connectivity index (χ2n) is 10.5. The minimum atomic E-state index is -2.27. The van der Waals surface area contributed by atoms with E-state index in [9.17, 15) is 14.4 Å². The van der Waals surface area contributed by atoms with E-state index in [0.29, 0.717) is 28.1 Å². The SMILES string of the molecule is COc1cccc(C(C(C(=O)Nc2cccc3cccnc23)N2C(=O)c3ccccc3C2=O)[Si](C)(C)C)c1. The van der Waals surface area contributed by atoms with Crippen LogP contribution in [0.25, 0.3) is 10.9 Å². The van der Waals surface area contributed by atoms with Crippen molar-refractivity contribution >= 4 is 42.4 Å². The molecule has 4 aromatic rings. The summed E-state index contributed by atoms with van der Waals surface area (Å²) in [6, 6.07) is 22.5. The number of carbonyl (C=O) groups excluding carboxylic acids is 3. The highest BCUT2D eigenvalue weighted by Crippen LogP contribution is 2.38. The molecule has 2 atom stereocenters. The molecule has 38 heavy (non-hydrogen) atoms. The highest BCUT2D eigenvalue weighted by atomic mass is 28.3. The Bertz CT molecular complexity index is 1520. The lowest BCUT2D eigenvalue weighted by Crippen LogP contribution is -2.56. The maximum absolute atomic E-state index is 14.3. The second kappa shape index (κ2) is 9.87. The van der Waals surface area contributed by atoms with Gasteiger partial charge in [0.1, 0.15) is 11.8 Å². The summed E-state index contributed by atoms with van der Waals surface area (Å²) in [6.07, 6.45) is 1.67. The first kappa shape index (κ1) is 25.4. The summed E-state index contributed by atoms with van der Waals surface area (Å²) in [5.74, 6) is -0.723. The molecule has 0 aliphatic carbocycles. The molecule has 0 saturated heterocycles. The van der Waals surface area contributed by atoms with E-state index in [1.54, 1.807) is 43.6 Å². The lowest BCUT2D eigenvalue weighted by molar-refractivity contribution is -0.120. The zero-order valence-electron chi connectivity index (χ0n) is 21.8. The number of carbonyl (C=O) groups is 3. The van der Waals surface area contributed by atoms with Gasteiger partial charge in [0.25, 0.3) is 11.8 Å². The van der Waals surface area contributed by atoms with Crippen LogP contribution in [0.4, 0.5) is 5.69 Å². The standard InChI is InChI=1S/C30H29N3O4Si/c1-37-21-13-7-11-20(18-21)27(38(2,3)4)26(33-29(35)22-14-5-6-15-23(22)30(33)36)28(34)32-24-16-8-10-19-12-9-17-31-25(19)24/h5-18,26-27H,1-4H3,(H,32,34). The highest BCUT2D eigenvalue weighted by Gasteiger charge is 2.50. The van der Waals surface area contributed by atoms with E-state index in [4.69, 9.17) is 4.74 Å². The van der Waals surface area contributed by atoms with Crippen molar-refractivity contribution in [1.29, 1.82) is 0 Å². The number of rotatable bonds is 7. The average Bonchev–Trinajstić information content (AvgIpc) is 3.16. The Labute approximate surface area is 222 Å². The Morgan fingerprint density at radius 2 is 1.55 bits per heavy atom. The molecule has 5 rings (SSSR count). The fourth-order valence-corrected chi connectivity index (χ4v) is 7.71. The molecule has 2 unspecified atom stereocenters. The summed E-state index contributed by atoms with van der Waals surface area (Å²) in [5, 5.41) is 3.90. The number of hydrogen-bond acceptors (Lipinski definition) is 5. The lowest BCUT2D eigenvalue weighted by Gasteiger charge is -2.39. The number of hydrogen-bond donors (Lipinski definition) is 1. The van der Waals surface area contributed by atoms with Crippen LogP contribution in [0.15, 0.2) is 85.1 Å². The smallest absolute Gasteiger partial charge is 0.262 e. The van der Waals surface area contributed by atoms with E-state index in [1.807, 2.05) is 48.5 Å². The molecule has 0 fully saturated rings. The number of methoxy groups -OCH3 is 1. The van der Waals surface area contributed by atoms with Crippen molar-refractivity contribution in [3.8, 4) is 5.75 Å². The lowest BCUT2D eigenvalue weighted by atomic mass is 10.0. The van der Waals surface area contributed by atoms with Gasteiger partial charge in [0.15, 0.2) is 0 Å². The van der Waals surface area contributed by atoms with Crippen LogP contribution in [0.1, 0.15) is 31.8 Å². The van der Waals surface area contributed by atoms with Crippen LogP contribution >= 0.6 is 0 Å². The van der Waals surface area contributed by atoms with Gasteiger partial charge >= 0.3 is 0 Å². The number of aromatic nitrogens is 1. The molecule has 1 N–H and O–H groups in total. The fourth-order valence-electron chi connectivity index (χ4n) is 5.28. The molecular formula is C30H29N3O4Si. The third-order valence-corrected chi connectivity index (χ3v) is 9.48. The fraction of sp³-hybridized carbons (Fsp3) is 0.200. The molecule has 0 bridgehead atoms. The summed E-state index contributed by atoms with van der Waals surface area (Å²) in [6.45, 7) is 6.40. The predicted octanol–water partition coefficient (Wildman–Crippen LogP) is 5.51. The number of amides is 3. The maximum Gasteiger partial charge on any atom is 0.262 e. The van der Waals surface area contributed by atoms with Crippen molar-refractivity contribution in [3.63, 3.8) is 0 Å². The third-order valence-electron chi connectivity index (χ3n) is 6.96. The normalized spacial score (nSPS) is 14.8. The molecular weight excluding hydrogens is 494 g/mol. The van der Waals surface area contributed by atoms with Gasteiger partial charge in [0.05, 0.1) is 37.5 Å². The van der Waals surface area contributed by atoms with Crippen LogP contribution in [0.5, 0.6) is 5.75 Å². The predicted molar refractivity (Wildman–Crippen MR) is 150 cm³/mol. The topological polar surface area (TPSA) is 88.6 Å². The quantitative estimate of drug-likeness (QED) is 0.255. The van der Waals surface area contributed by atoms with Gasteiger partial charge in [-0.05, 0) is 42.0 Å². The molecule has 8 heteroatoms. The summed E-state index contributed by atoms with van der Waals surface area (Å²) in [5.41, 5.74) is 2.20. The average molecular weight is 524 g/mol. The number of fused-ring (bicyclic) bond motifs is 2. The zero-order chi connectivity index (χ0) is 27.0. The minimum absolute atomic E-state index is 0.307. The van der Waals surface area contributed by atoms with Gasteiger partial charge in [-0.3, -0.25) is 24.3 Å². The molecule has 7 nitrogen and oxygen atoms in total. The van der Waals surface area contributed by atoms with Crippen LogP contribution in [0.2, 0.25) is 19.6 Å². The first-order valence-corrected chi connectivity index (χ1v) is 16.0.